The second-order valence-electron chi connectivity index (χ2n) is 22.4. The molecule has 57 heavy (non-hydrogen) atoms. The van der Waals surface area contributed by atoms with Crippen molar-refractivity contribution in [1.82, 2.24) is 0 Å². The van der Waals surface area contributed by atoms with Gasteiger partial charge in [0.1, 0.15) is 0 Å². The molecule has 0 atom stereocenters. The average Bonchev–Trinajstić information content (AvgIpc) is 3.47. The van der Waals surface area contributed by atoms with E-state index in [2.05, 4.69) is 163 Å². The number of anilines is 3. The van der Waals surface area contributed by atoms with Gasteiger partial charge in [-0.05, 0) is 201 Å². The first-order chi connectivity index (χ1) is 27.2. The van der Waals surface area contributed by atoms with E-state index < -0.39 is 0 Å². The van der Waals surface area contributed by atoms with Crippen molar-refractivity contribution in [3.63, 3.8) is 0 Å². The molecule has 4 saturated carbocycles. The van der Waals surface area contributed by atoms with Crippen LogP contribution in [0.5, 0.6) is 0 Å². The van der Waals surface area contributed by atoms with Gasteiger partial charge in [0, 0.05) is 22.5 Å². The SMILES string of the molecule is CC1(C)CCC(C)(C)c2cc(N(c3ccc4c(c3)-c3ccc(-c5ccccc5)cc3C43C4CC5CC(C4)CC3C5)c3ccc4c(c3)C(C)(C)CCC4(C)C)ccc21. The van der Waals surface area contributed by atoms with Crippen LogP contribution in [0.15, 0.2) is 103 Å². The average molecular weight is 750 g/mol. The summed E-state index contributed by atoms with van der Waals surface area (Å²) < 4.78 is 0. The van der Waals surface area contributed by atoms with E-state index in [0.717, 1.165) is 23.7 Å². The first-order valence-corrected chi connectivity index (χ1v) is 22.6. The van der Waals surface area contributed by atoms with Crippen LogP contribution in [0, 0.1) is 23.7 Å². The maximum Gasteiger partial charge on any atom is 0.0468 e. The van der Waals surface area contributed by atoms with Gasteiger partial charge in [-0.2, -0.15) is 0 Å². The van der Waals surface area contributed by atoms with Gasteiger partial charge in [-0.15, -0.1) is 0 Å². The standard InChI is InChI=1S/C56H63N/c1-52(2)22-24-54(5,6)50-33-42(16-20-47(50)52)57(43-17-21-48-51(34-43)55(7,8)25-23-53(48,3)4)41-15-19-46-45(32-41)44-18-14-38(37-12-10-9-11-13-37)31-49(44)56(46)39-27-35-26-36(29-39)30-40(56)28-35/h9-21,31-36,39-40H,22-30H2,1-8H3. The van der Waals surface area contributed by atoms with Crippen LogP contribution in [0.1, 0.15) is 147 Å². The zero-order valence-corrected chi connectivity index (χ0v) is 35.9. The van der Waals surface area contributed by atoms with Crippen molar-refractivity contribution in [3.8, 4) is 22.3 Å². The molecule has 0 heterocycles. The molecule has 4 fully saturated rings. The van der Waals surface area contributed by atoms with Gasteiger partial charge in [0.05, 0.1) is 0 Å². The largest absolute Gasteiger partial charge is 0.310 e. The van der Waals surface area contributed by atoms with Crippen LogP contribution in [-0.2, 0) is 27.1 Å². The lowest BCUT2D eigenvalue weighted by Crippen LogP contribution is -2.55. The summed E-state index contributed by atoms with van der Waals surface area (Å²) in [6, 6.07) is 41.5. The van der Waals surface area contributed by atoms with Crippen LogP contribution in [0.25, 0.3) is 22.3 Å². The number of nitrogens with zero attached hydrogens (tertiary/aromatic N) is 1. The maximum atomic E-state index is 2.64. The van der Waals surface area contributed by atoms with Gasteiger partial charge in [0.25, 0.3) is 0 Å². The van der Waals surface area contributed by atoms with Crippen molar-refractivity contribution >= 4 is 17.1 Å². The van der Waals surface area contributed by atoms with Gasteiger partial charge in [-0.1, -0.05) is 116 Å². The number of fused-ring (bicyclic) bond motifs is 5. The lowest BCUT2D eigenvalue weighted by atomic mass is 9.43. The normalized spacial score (nSPS) is 28.7. The van der Waals surface area contributed by atoms with Crippen molar-refractivity contribution in [3.05, 3.63) is 137 Å². The van der Waals surface area contributed by atoms with Gasteiger partial charge in [-0.3, -0.25) is 0 Å². The van der Waals surface area contributed by atoms with Crippen molar-refractivity contribution in [2.45, 2.75) is 140 Å². The Labute approximate surface area is 343 Å². The molecule has 1 nitrogen and oxygen atoms in total. The molecule has 0 aliphatic heterocycles. The van der Waals surface area contributed by atoms with E-state index in [1.165, 1.54) is 119 Å². The second kappa shape index (κ2) is 12.0. The Balaban J connectivity index is 1.13. The minimum atomic E-state index is 0.120. The minimum absolute atomic E-state index is 0.120. The number of hydrogen-bond donors (Lipinski definition) is 0. The molecule has 5 aromatic carbocycles. The molecule has 7 aliphatic rings. The quantitative estimate of drug-likeness (QED) is 0.177. The highest BCUT2D eigenvalue weighted by atomic mass is 15.1. The van der Waals surface area contributed by atoms with Gasteiger partial charge in [-0.25, -0.2) is 0 Å². The van der Waals surface area contributed by atoms with E-state index in [4.69, 9.17) is 0 Å². The van der Waals surface area contributed by atoms with Crippen LogP contribution in [0.4, 0.5) is 17.1 Å². The molecule has 0 radical (unpaired) electrons. The number of benzene rings is 5. The predicted molar refractivity (Wildman–Crippen MR) is 240 cm³/mol. The summed E-state index contributed by atoms with van der Waals surface area (Å²) in [5, 5.41) is 0. The number of hydrogen-bond acceptors (Lipinski definition) is 1. The van der Waals surface area contributed by atoms with Gasteiger partial charge < -0.3 is 4.90 Å². The predicted octanol–water partition coefficient (Wildman–Crippen LogP) is 15.2. The molecule has 1 heteroatoms. The highest BCUT2D eigenvalue weighted by Crippen LogP contribution is 2.70. The third-order valence-electron chi connectivity index (χ3n) is 17.2. The summed E-state index contributed by atoms with van der Waals surface area (Å²) in [6.45, 7) is 19.7. The van der Waals surface area contributed by atoms with Gasteiger partial charge in [0.2, 0.25) is 0 Å². The summed E-state index contributed by atoms with van der Waals surface area (Å²) in [5.74, 6) is 3.32. The molecule has 4 bridgehead atoms. The first-order valence-electron chi connectivity index (χ1n) is 22.6. The molecule has 0 unspecified atom stereocenters. The van der Waals surface area contributed by atoms with E-state index in [-0.39, 0.29) is 27.1 Å². The summed E-state index contributed by atoms with van der Waals surface area (Å²) in [5.41, 5.74) is 19.6. The Kier molecular flexibility index (Phi) is 7.58. The third-order valence-corrected chi connectivity index (χ3v) is 17.2. The minimum Gasteiger partial charge on any atom is -0.310 e. The van der Waals surface area contributed by atoms with Crippen molar-refractivity contribution in [2.24, 2.45) is 23.7 Å². The van der Waals surface area contributed by atoms with E-state index in [1.54, 1.807) is 11.1 Å². The van der Waals surface area contributed by atoms with Crippen LogP contribution in [-0.4, -0.2) is 0 Å². The highest BCUT2D eigenvalue weighted by Gasteiger charge is 2.61. The van der Waals surface area contributed by atoms with Gasteiger partial charge >= 0.3 is 0 Å². The monoisotopic (exact) mass is 749 g/mol. The highest BCUT2D eigenvalue weighted by molar-refractivity contribution is 5.89. The fourth-order valence-corrected chi connectivity index (χ4v) is 14.0. The van der Waals surface area contributed by atoms with E-state index >= 15 is 0 Å². The molecule has 12 rings (SSSR count). The molecular weight excluding hydrogens is 687 g/mol. The Bertz CT molecular complexity index is 2330. The zero-order valence-electron chi connectivity index (χ0n) is 35.9. The Morgan fingerprint density at radius 3 is 1.39 bits per heavy atom. The third kappa shape index (κ3) is 5.18. The smallest absolute Gasteiger partial charge is 0.0468 e. The Hall–Kier alpha value is -4.10. The Morgan fingerprint density at radius 2 is 0.860 bits per heavy atom. The van der Waals surface area contributed by atoms with Crippen LogP contribution in [0.2, 0.25) is 0 Å². The summed E-state index contributed by atoms with van der Waals surface area (Å²) in [4.78, 5) is 2.64. The molecule has 0 aromatic heterocycles. The van der Waals surface area contributed by atoms with Gasteiger partial charge in [0.15, 0.2) is 0 Å². The van der Waals surface area contributed by atoms with Crippen LogP contribution in [0.3, 0.4) is 0 Å². The first kappa shape index (κ1) is 36.0. The molecule has 0 saturated heterocycles. The number of rotatable bonds is 4. The maximum absolute atomic E-state index is 2.64. The van der Waals surface area contributed by atoms with E-state index in [0.29, 0.717) is 0 Å². The molecular formula is C56H63N. The zero-order chi connectivity index (χ0) is 39.3. The topological polar surface area (TPSA) is 3.24 Å². The molecule has 5 aromatic rings. The molecule has 7 aliphatic carbocycles. The lowest BCUT2D eigenvalue weighted by Gasteiger charge is -2.61. The van der Waals surface area contributed by atoms with E-state index in [1.807, 2.05) is 0 Å². The molecule has 292 valence electrons. The van der Waals surface area contributed by atoms with Crippen LogP contribution >= 0.6 is 0 Å². The Morgan fingerprint density at radius 1 is 0.386 bits per heavy atom. The lowest BCUT2D eigenvalue weighted by molar-refractivity contribution is -0.0399. The second-order valence-corrected chi connectivity index (χ2v) is 22.4. The van der Waals surface area contributed by atoms with Crippen molar-refractivity contribution in [2.75, 3.05) is 4.90 Å². The fraction of sp³-hybridized carbons (Fsp3) is 0.464. The van der Waals surface area contributed by atoms with E-state index in [9.17, 15) is 0 Å². The summed E-state index contributed by atoms with van der Waals surface area (Å²) in [7, 11) is 0. The molecule has 0 amide bonds. The molecule has 1 spiro atoms. The fourth-order valence-electron chi connectivity index (χ4n) is 14.0. The van der Waals surface area contributed by atoms with Crippen molar-refractivity contribution in [1.29, 1.82) is 0 Å². The summed E-state index contributed by atoms with van der Waals surface area (Å²) >= 11 is 0. The van der Waals surface area contributed by atoms with Crippen molar-refractivity contribution < 1.29 is 0 Å². The molecule has 0 N–H and O–H groups in total. The summed E-state index contributed by atoms with van der Waals surface area (Å²) in [6.07, 6.45) is 12.0. The van der Waals surface area contributed by atoms with Crippen LogP contribution < -0.4 is 4.90 Å².